The van der Waals surface area contributed by atoms with Crippen molar-refractivity contribution in [1.29, 1.82) is 10.5 Å². The summed E-state index contributed by atoms with van der Waals surface area (Å²) in [4.78, 5) is 33.5. The lowest BCUT2D eigenvalue weighted by molar-refractivity contribution is -0.144. The second-order valence-electron chi connectivity index (χ2n) is 9.42. The first-order valence-electron chi connectivity index (χ1n) is 12.3. The van der Waals surface area contributed by atoms with Crippen LogP contribution in [0.3, 0.4) is 0 Å². The van der Waals surface area contributed by atoms with Gasteiger partial charge in [0.05, 0.1) is 17.2 Å². The van der Waals surface area contributed by atoms with Gasteiger partial charge in [-0.3, -0.25) is 14.5 Å². The molecule has 4 aromatic rings. The highest BCUT2D eigenvalue weighted by Gasteiger charge is 2.39. The number of aryl methyl sites for hydroxylation is 1. The zero-order valence-electron chi connectivity index (χ0n) is 21.3. The van der Waals surface area contributed by atoms with Crippen LogP contribution in [0.15, 0.2) is 65.5 Å². The number of benzene rings is 2. The van der Waals surface area contributed by atoms with E-state index in [2.05, 4.69) is 4.98 Å². The van der Waals surface area contributed by atoms with Gasteiger partial charge >= 0.3 is 5.97 Å². The summed E-state index contributed by atoms with van der Waals surface area (Å²) in [5.41, 5.74) is 1.34. The summed E-state index contributed by atoms with van der Waals surface area (Å²) in [5.74, 6) is -2.06. The number of hydrogen-bond acceptors (Lipinski definition) is 7. The van der Waals surface area contributed by atoms with Crippen molar-refractivity contribution >= 4 is 22.7 Å². The number of hydrogen-bond donors (Lipinski definition) is 1. The van der Waals surface area contributed by atoms with Gasteiger partial charge < -0.3 is 14.6 Å². The van der Waals surface area contributed by atoms with E-state index >= 15 is 0 Å². The number of aromatic nitrogens is 2. The molecular weight excluding hydrogens is 518 g/mol. The minimum atomic E-state index is -1.16. The van der Waals surface area contributed by atoms with Crippen molar-refractivity contribution in [1.82, 2.24) is 14.5 Å². The molecule has 2 aromatic carbocycles. The molecule has 1 fully saturated rings. The third-order valence-electron chi connectivity index (χ3n) is 7.17. The van der Waals surface area contributed by atoms with Crippen molar-refractivity contribution in [2.45, 2.75) is 12.1 Å². The number of piperazine rings is 1. The molecule has 40 heavy (non-hydrogen) atoms. The molecular formula is C29H22F2N6O3. The van der Waals surface area contributed by atoms with E-state index in [1.807, 2.05) is 12.1 Å². The van der Waals surface area contributed by atoms with Crippen molar-refractivity contribution in [2.24, 2.45) is 7.05 Å². The summed E-state index contributed by atoms with van der Waals surface area (Å²) in [6, 6.07) is 16.5. The molecule has 0 amide bonds. The molecule has 0 spiro atoms. The van der Waals surface area contributed by atoms with Crippen molar-refractivity contribution in [2.75, 3.05) is 24.5 Å². The number of nitrogens with zero attached hydrogens (tertiary/aromatic N) is 6. The third-order valence-corrected chi connectivity index (χ3v) is 7.17. The molecule has 200 valence electrons. The van der Waals surface area contributed by atoms with Crippen LogP contribution in [0.4, 0.5) is 14.5 Å². The highest BCUT2D eigenvalue weighted by atomic mass is 19.1. The first kappa shape index (κ1) is 26.5. The van der Waals surface area contributed by atoms with Crippen molar-refractivity contribution in [3.63, 3.8) is 0 Å². The second-order valence-corrected chi connectivity index (χ2v) is 9.42. The molecule has 11 heteroatoms. The highest BCUT2D eigenvalue weighted by molar-refractivity contribution is 5.92. The quantitative estimate of drug-likeness (QED) is 0.409. The van der Waals surface area contributed by atoms with E-state index in [1.54, 1.807) is 40.1 Å². The number of carboxylic acids is 1. The topological polar surface area (TPSA) is 126 Å². The lowest BCUT2D eigenvalue weighted by atomic mass is 9.94. The number of pyridine rings is 2. The molecule has 1 aliphatic heterocycles. The van der Waals surface area contributed by atoms with Crippen LogP contribution in [0.5, 0.6) is 0 Å². The van der Waals surface area contributed by atoms with Gasteiger partial charge in [0, 0.05) is 26.7 Å². The van der Waals surface area contributed by atoms with Gasteiger partial charge in [0.2, 0.25) is 0 Å². The largest absolute Gasteiger partial charge is 0.480 e. The Hall–Kier alpha value is -5.13. The normalized spacial score (nSPS) is 15.7. The summed E-state index contributed by atoms with van der Waals surface area (Å²) in [5, 5.41) is 29.7. The average Bonchev–Trinajstić information content (AvgIpc) is 2.96. The van der Waals surface area contributed by atoms with Crippen LogP contribution >= 0.6 is 0 Å². The molecule has 1 N–H and O–H groups in total. The Kier molecular flexibility index (Phi) is 6.99. The van der Waals surface area contributed by atoms with Gasteiger partial charge in [0.1, 0.15) is 46.6 Å². The van der Waals surface area contributed by atoms with Crippen LogP contribution in [-0.4, -0.2) is 51.2 Å². The van der Waals surface area contributed by atoms with Gasteiger partial charge in [0.25, 0.3) is 5.56 Å². The Morgan fingerprint density at radius 3 is 2.10 bits per heavy atom. The minimum Gasteiger partial charge on any atom is -0.480 e. The maximum absolute atomic E-state index is 13.8. The lowest BCUT2D eigenvalue weighted by Crippen LogP contribution is -2.58. The van der Waals surface area contributed by atoms with E-state index in [0.717, 1.165) is 0 Å². The van der Waals surface area contributed by atoms with E-state index in [1.165, 1.54) is 41.9 Å². The molecule has 0 saturated carbocycles. The molecule has 0 aliphatic carbocycles. The number of carboxylic acid groups (broad SMARTS) is 1. The fourth-order valence-corrected chi connectivity index (χ4v) is 5.26. The van der Waals surface area contributed by atoms with Gasteiger partial charge in [0.15, 0.2) is 0 Å². The summed E-state index contributed by atoms with van der Waals surface area (Å²) in [7, 11) is 1.50. The van der Waals surface area contributed by atoms with Crippen LogP contribution in [0.25, 0.3) is 11.0 Å². The van der Waals surface area contributed by atoms with E-state index in [4.69, 9.17) is 0 Å². The Morgan fingerprint density at radius 1 is 0.975 bits per heavy atom. The van der Waals surface area contributed by atoms with Crippen LogP contribution in [0, 0.1) is 34.3 Å². The third kappa shape index (κ3) is 4.64. The van der Waals surface area contributed by atoms with E-state index in [-0.39, 0.29) is 42.1 Å². The Bertz CT molecular complexity index is 1710. The average molecular weight is 541 g/mol. The number of halogens is 2. The predicted molar refractivity (Wildman–Crippen MR) is 141 cm³/mol. The maximum atomic E-state index is 13.8. The summed E-state index contributed by atoms with van der Waals surface area (Å²) >= 11 is 0. The molecule has 1 saturated heterocycles. The van der Waals surface area contributed by atoms with Crippen LogP contribution < -0.4 is 10.5 Å². The monoisotopic (exact) mass is 540 g/mol. The van der Waals surface area contributed by atoms with E-state index in [0.29, 0.717) is 16.6 Å². The van der Waals surface area contributed by atoms with Crippen LogP contribution in [0.2, 0.25) is 0 Å². The Morgan fingerprint density at radius 2 is 1.57 bits per heavy atom. The Labute approximate surface area is 227 Å². The van der Waals surface area contributed by atoms with Gasteiger partial charge in [-0.1, -0.05) is 24.3 Å². The summed E-state index contributed by atoms with van der Waals surface area (Å²) in [6.45, 7) is 0.248. The van der Waals surface area contributed by atoms with E-state index < -0.39 is 35.2 Å². The number of fused-ring (bicyclic) bond motifs is 1. The molecule has 0 bridgehead atoms. The second kappa shape index (κ2) is 10.6. The molecule has 3 heterocycles. The molecule has 5 rings (SSSR count). The van der Waals surface area contributed by atoms with E-state index in [9.17, 15) is 34.0 Å². The maximum Gasteiger partial charge on any atom is 0.322 e. The summed E-state index contributed by atoms with van der Waals surface area (Å²) < 4.78 is 28.8. The first-order valence-corrected chi connectivity index (χ1v) is 12.3. The fourth-order valence-electron chi connectivity index (χ4n) is 5.26. The lowest BCUT2D eigenvalue weighted by Gasteiger charge is -2.44. The van der Waals surface area contributed by atoms with Crippen molar-refractivity contribution in [3.8, 4) is 12.1 Å². The van der Waals surface area contributed by atoms with Gasteiger partial charge in [-0.2, -0.15) is 10.5 Å². The van der Waals surface area contributed by atoms with Gasteiger partial charge in [-0.25, -0.2) is 13.8 Å². The first-order chi connectivity index (χ1) is 19.2. The fraction of sp³-hybridized carbons (Fsp3) is 0.207. The van der Waals surface area contributed by atoms with Crippen LogP contribution in [-0.2, 0) is 11.8 Å². The SMILES string of the molecule is Cn1c(=O)c(C#N)c(N2CCN(C(c3ccc(F)cc3)c3ccc(F)cc3)C(C(=O)O)C2)c2nc(C#N)ccc21. The predicted octanol–water partition coefficient (Wildman–Crippen LogP) is 3.32. The number of carbonyl (C=O) groups is 1. The zero-order valence-corrected chi connectivity index (χ0v) is 21.3. The number of nitriles is 2. The number of anilines is 1. The standard InChI is InChI=1S/C29H22F2N6O3/c1-35-23-11-10-21(14-32)34-25(23)27(22(15-33)28(35)38)36-12-13-37(24(16-36)29(39)40)26(17-2-6-19(30)7-3-17)18-4-8-20(31)9-5-18/h2-11,24,26H,12-13,16H2,1H3,(H,39,40). The van der Waals surface area contributed by atoms with Gasteiger partial charge in [-0.05, 0) is 47.5 Å². The summed E-state index contributed by atoms with van der Waals surface area (Å²) in [6.07, 6.45) is 0. The van der Waals surface area contributed by atoms with Crippen molar-refractivity contribution in [3.05, 3.63) is 105 Å². The molecule has 1 unspecified atom stereocenters. The smallest absolute Gasteiger partial charge is 0.322 e. The highest BCUT2D eigenvalue weighted by Crippen LogP contribution is 2.35. The number of aliphatic carboxylic acids is 1. The molecule has 0 radical (unpaired) electrons. The molecule has 9 nitrogen and oxygen atoms in total. The van der Waals surface area contributed by atoms with Crippen LogP contribution in [0.1, 0.15) is 28.4 Å². The molecule has 2 aromatic heterocycles. The molecule has 1 aliphatic rings. The zero-order chi connectivity index (χ0) is 28.6. The van der Waals surface area contributed by atoms with Gasteiger partial charge in [-0.15, -0.1) is 0 Å². The minimum absolute atomic E-state index is 0.0809. The number of rotatable bonds is 5. The van der Waals surface area contributed by atoms with Crippen molar-refractivity contribution < 1.29 is 18.7 Å². The Balaban J connectivity index is 1.63. The molecule has 1 atom stereocenters.